The zero-order valence-electron chi connectivity index (χ0n) is 29.7. The summed E-state index contributed by atoms with van der Waals surface area (Å²) in [5, 5.41) is 14.0. The summed E-state index contributed by atoms with van der Waals surface area (Å²) in [6.07, 6.45) is 3.10. The van der Waals surface area contributed by atoms with Gasteiger partial charge < -0.3 is 36.4 Å². The highest BCUT2D eigenvalue weighted by Crippen LogP contribution is 2.65. The van der Waals surface area contributed by atoms with Gasteiger partial charge in [0.2, 0.25) is 17.6 Å². The second kappa shape index (κ2) is 14.6. The van der Waals surface area contributed by atoms with E-state index in [0.29, 0.717) is 32.6 Å². The van der Waals surface area contributed by atoms with Gasteiger partial charge in [0.1, 0.15) is 12.1 Å². The molecular weight excluding hydrogens is 602 g/mol. The number of urea groups is 2. The molecule has 6 atom stereocenters. The van der Waals surface area contributed by atoms with E-state index in [1.807, 2.05) is 48.5 Å². The molecule has 13 heteroatoms. The fourth-order valence-electron chi connectivity index (χ4n) is 6.79. The predicted octanol–water partition coefficient (Wildman–Crippen LogP) is 2.17. The summed E-state index contributed by atoms with van der Waals surface area (Å²) in [7, 11) is 0. The number of nitrogens with zero attached hydrogens (tertiary/aromatic N) is 2. The first kappa shape index (κ1) is 37.8. The number of hydrogen-bond acceptors (Lipinski definition) is 6. The fraction of sp³-hybridized carbons (Fsp3) is 0.765. The van der Waals surface area contributed by atoms with Gasteiger partial charge in [0.15, 0.2) is 0 Å². The van der Waals surface area contributed by atoms with E-state index in [1.165, 1.54) is 11.0 Å². The number of rotatable bonds is 13. The third-order valence-electron chi connectivity index (χ3n) is 9.91. The van der Waals surface area contributed by atoms with Crippen LogP contribution >= 0.6 is 0 Å². The van der Waals surface area contributed by atoms with Crippen LogP contribution in [-0.4, -0.2) is 102 Å². The number of Topliss-reactive ketones (excluding diaryl/α,β-unsaturated/α-hetero) is 1. The zero-order valence-corrected chi connectivity index (χ0v) is 29.7. The smallest absolute Gasteiger partial charge is 0.317 e. The number of nitrogens with one attached hydrogen (secondary N) is 5. The van der Waals surface area contributed by atoms with Crippen molar-refractivity contribution in [3.8, 4) is 0 Å². The fourth-order valence-corrected chi connectivity index (χ4v) is 6.79. The Morgan fingerprint density at radius 3 is 2.26 bits per heavy atom. The Labute approximate surface area is 279 Å². The SMILES string of the molecule is C=CCNC(=O)C(=O)C(CCC)NC(=O)[C@@H]1[C@@H]2[C@H](CN1C(=O)[C@@H](NC(=O)N[C@H](CN1CCCNC1=O)C(C)(C)C)C(C)(C)C)C2(C)C. The van der Waals surface area contributed by atoms with Crippen molar-refractivity contribution >= 4 is 35.6 Å². The van der Waals surface area contributed by atoms with Crippen LogP contribution in [0.2, 0.25) is 0 Å². The molecule has 2 heterocycles. The monoisotopic (exact) mass is 659 g/mol. The van der Waals surface area contributed by atoms with Gasteiger partial charge in [-0.2, -0.15) is 0 Å². The molecule has 0 aromatic rings. The highest BCUT2D eigenvalue weighted by Gasteiger charge is 2.70. The first-order chi connectivity index (χ1) is 21.7. The van der Waals surface area contributed by atoms with Crippen LogP contribution in [0.15, 0.2) is 12.7 Å². The molecule has 3 aliphatic rings. The maximum Gasteiger partial charge on any atom is 0.317 e. The minimum absolute atomic E-state index is 0.0776. The van der Waals surface area contributed by atoms with Crippen LogP contribution in [0, 0.1) is 28.1 Å². The Morgan fingerprint density at radius 1 is 1.04 bits per heavy atom. The summed E-state index contributed by atoms with van der Waals surface area (Å²) >= 11 is 0. The minimum Gasteiger partial charge on any atom is -0.346 e. The van der Waals surface area contributed by atoms with Crippen LogP contribution in [0.1, 0.15) is 81.6 Å². The second-order valence-corrected chi connectivity index (χ2v) is 16.0. The van der Waals surface area contributed by atoms with E-state index >= 15 is 0 Å². The third kappa shape index (κ3) is 8.84. The van der Waals surface area contributed by atoms with Crippen molar-refractivity contribution < 1.29 is 28.8 Å². The van der Waals surface area contributed by atoms with E-state index in [-0.39, 0.29) is 42.2 Å². The molecule has 0 bridgehead atoms. The minimum atomic E-state index is -1.03. The van der Waals surface area contributed by atoms with Gasteiger partial charge in [0.25, 0.3) is 5.91 Å². The molecule has 0 radical (unpaired) electrons. The zero-order chi connectivity index (χ0) is 35.5. The van der Waals surface area contributed by atoms with Crippen molar-refractivity contribution in [1.82, 2.24) is 36.4 Å². The summed E-state index contributed by atoms with van der Waals surface area (Å²) in [4.78, 5) is 82.9. The topological polar surface area (TPSA) is 169 Å². The largest absolute Gasteiger partial charge is 0.346 e. The van der Waals surface area contributed by atoms with Crippen molar-refractivity contribution in [2.75, 3.05) is 32.7 Å². The van der Waals surface area contributed by atoms with Crippen molar-refractivity contribution in [1.29, 1.82) is 0 Å². The number of carbonyl (C=O) groups excluding carboxylic acids is 6. The Morgan fingerprint density at radius 2 is 1.70 bits per heavy atom. The molecule has 47 heavy (non-hydrogen) atoms. The number of fused-ring (bicyclic) bond motifs is 1. The third-order valence-corrected chi connectivity index (χ3v) is 9.91. The average Bonchev–Trinajstić information content (AvgIpc) is 3.28. The van der Waals surface area contributed by atoms with Gasteiger partial charge in [-0.15, -0.1) is 6.58 Å². The molecule has 13 nitrogen and oxygen atoms in total. The summed E-state index contributed by atoms with van der Waals surface area (Å²) in [6.45, 7) is 23.0. The van der Waals surface area contributed by atoms with Crippen LogP contribution < -0.4 is 26.6 Å². The molecule has 3 rings (SSSR count). The molecule has 5 N–H and O–H groups in total. The lowest BCUT2D eigenvalue weighted by molar-refractivity contribution is -0.145. The highest BCUT2D eigenvalue weighted by atomic mass is 16.2. The molecule has 0 spiro atoms. The molecule has 1 saturated carbocycles. The Bertz CT molecular complexity index is 1240. The van der Waals surface area contributed by atoms with Crippen LogP contribution in [0.3, 0.4) is 0 Å². The molecule has 264 valence electrons. The lowest BCUT2D eigenvalue weighted by Crippen LogP contribution is -2.63. The molecule has 1 aliphatic carbocycles. The van der Waals surface area contributed by atoms with Gasteiger partial charge in [-0.3, -0.25) is 19.2 Å². The standard InChI is InChI=1S/C34H57N7O6/c1-11-14-21(25(42)28(44)35-15-12-2)37-27(43)24-23-20(34(23,9)10)18-41(24)29(45)26(33(6,7)8)39-30(46)38-22(32(3,4)5)19-40-17-13-16-36-31(40)47/h12,20-24,26H,2,11,13-19H2,1,3-10H3,(H,35,44)(H,36,47)(H,37,43)(H2,38,39,46)/t20-,21?,22+,23-,24-,26+/m0/s1. The number of likely N-dealkylation sites (tertiary alicyclic amines) is 1. The number of amides is 7. The quantitative estimate of drug-likeness (QED) is 0.150. The summed E-state index contributed by atoms with van der Waals surface area (Å²) < 4.78 is 0. The van der Waals surface area contributed by atoms with Crippen LogP contribution in [0.5, 0.6) is 0 Å². The van der Waals surface area contributed by atoms with Crippen molar-refractivity contribution in [2.45, 2.75) is 106 Å². The Kier molecular flexibility index (Phi) is 11.8. The van der Waals surface area contributed by atoms with E-state index < -0.39 is 58.6 Å². The van der Waals surface area contributed by atoms with Gasteiger partial charge in [-0.05, 0) is 40.9 Å². The molecule has 0 aromatic carbocycles. The highest BCUT2D eigenvalue weighted by molar-refractivity contribution is 6.38. The summed E-state index contributed by atoms with van der Waals surface area (Å²) in [6, 6.07) is -3.99. The number of piperidine rings is 1. The van der Waals surface area contributed by atoms with Crippen molar-refractivity contribution in [3.05, 3.63) is 12.7 Å². The van der Waals surface area contributed by atoms with Crippen LogP contribution in [0.4, 0.5) is 9.59 Å². The van der Waals surface area contributed by atoms with Gasteiger partial charge in [-0.1, -0.05) is 74.8 Å². The Hall–Kier alpha value is -3.64. The predicted molar refractivity (Wildman–Crippen MR) is 179 cm³/mol. The van der Waals surface area contributed by atoms with Crippen LogP contribution in [0.25, 0.3) is 0 Å². The molecule has 1 unspecified atom stereocenters. The first-order valence-electron chi connectivity index (χ1n) is 16.9. The lowest BCUT2D eigenvalue weighted by Gasteiger charge is -2.40. The van der Waals surface area contributed by atoms with E-state index in [9.17, 15) is 28.8 Å². The maximum atomic E-state index is 14.3. The molecular formula is C34H57N7O6. The number of carbonyl (C=O) groups is 6. The first-order valence-corrected chi connectivity index (χ1v) is 16.9. The Balaban J connectivity index is 1.81. The molecule has 2 aliphatic heterocycles. The van der Waals surface area contributed by atoms with E-state index in [4.69, 9.17) is 0 Å². The second-order valence-electron chi connectivity index (χ2n) is 16.0. The van der Waals surface area contributed by atoms with E-state index in [2.05, 4.69) is 47.0 Å². The molecule has 7 amide bonds. The van der Waals surface area contributed by atoms with Gasteiger partial charge in [0.05, 0.1) is 12.1 Å². The van der Waals surface area contributed by atoms with Gasteiger partial charge >= 0.3 is 12.1 Å². The molecule has 3 fully saturated rings. The molecule has 0 aromatic heterocycles. The van der Waals surface area contributed by atoms with Gasteiger partial charge in [-0.25, -0.2) is 9.59 Å². The normalized spacial score (nSPS) is 23.8. The van der Waals surface area contributed by atoms with Crippen molar-refractivity contribution in [2.24, 2.45) is 28.1 Å². The number of hydrogen-bond donors (Lipinski definition) is 5. The van der Waals surface area contributed by atoms with Crippen LogP contribution in [-0.2, 0) is 19.2 Å². The molecule has 2 saturated heterocycles. The van der Waals surface area contributed by atoms with Gasteiger partial charge in [0, 0.05) is 32.7 Å². The van der Waals surface area contributed by atoms with E-state index in [0.717, 1.165) is 6.42 Å². The summed E-state index contributed by atoms with van der Waals surface area (Å²) in [5.41, 5.74) is -1.30. The maximum absolute atomic E-state index is 14.3. The van der Waals surface area contributed by atoms with Crippen molar-refractivity contribution in [3.63, 3.8) is 0 Å². The average molecular weight is 660 g/mol. The van der Waals surface area contributed by atoms with E-state index in [1.54, 1.807) is 4.90 Å². The lowest BCUT2D eigenvalue weighted by atomic mass is 9.84. The summed E-state index contributed by atoms with van der Waals surface area (Å²) in [5.74, 6) is -2.47. The number of ketones is 1.